The van der Waals surface area contributed by atoms with Crippen molar-refractivity contribution in [2.45, 2.75) is 59.9 Å². The molecule has 3 fully saturated rings. The number of aromatic hydroxyl groups is 1. The molecule has 7 heterocycles. The molecule has 3 saturated heterocycles. The number of oxazole rings is 1. The number of hydrogen-bond donors (Lipinski definition) is 1. The fraction of sp³-hybridized carbons (Fsp3) is 0.364. The molecule has 0 unspecified atom stereocenters. The number of carbonyl (C=O) groups is 1. The second kappa shape index (κ2) is 21.6. The Bertz CT molecular complexity index is 2720. The van der Waals surface area contributed by atoms with Crippen LogP contribution in [0.2, 0.25) is 0 Å². The number of phenols is 1. The normalized spacial score (nSPS) is 16.6. The van der Waals surface area contributed by atoms with Gasteiger partial charge >= 0.3 is 0 Å². The second-order valence-corrected chi connectivity index (χ2v) is 19.6. The summed E-state index contributed by atoms with van der Waals surface area (Å²) < 4.78 is 6.90. The van der Waals surface area contributed by atoms with Gasteiger partial charge in [-0.1, -0.05) is 72.8 Å². The van der Waals surface area contributed by atoms with Crippen molar-refractivity contribution in [1.29, 1.82) is 0 Å². The smallest absolute Gasteiger partial charge is 0.229 e. The third-order valence-electron chi connectivity index (χ3n) is 13.6. The van der Waals surface area contributed by atoms with E-state index in [0.29, 0.717) is 24.1 Å². The van der Waals surface area contributed by atoms with Crippen LogP contribution in [-0.2, 0) is 24.2 Å². The number of para-hydroxylation sites is 1. The lowest BCUT2D eigenvalue weighted by Gasteiger charge is -2.46. The summed E-state index contributed by atoms with van der Waals surface area (Å²) in [6.07, 6.45) is 8.08. The van der Waals surface area contributed by atoms with Crippen LogP contribution in [0.1, 0.15) is 63.1 Å². The van der Waals surface area contributed by atoms with Crippen LogP contribution >= 0.6 is 11.3 Å². The van der Waals surface area contributed by atoms with Crippen molar-refractivity contribution < 1.29 is 14.3 Å². The fourth-order valence-corrected chi connectivity index (χ4v) is 10.9. The predicted molar refractivity (Wildman–Crippen MR) is 273 cm³/mol. The third kappa shape index (κ3) is 10.9. The number of benzene rings is 4. The number of anilines is 2. The molecular formula is C55H63N9O3S. The van der Waals surface area contributed by atoms with Crippen LogP contribution < -0.4 is 9.80 Å². The van der Waals surface area contributed by atoms with Gasteiger partial charge in [-0.15, -0.1) is 21.5 Å². The zero-order chi connectivity index (χ0) is 47.0. The lowest BCUT2D eigenvalue weighted by molar-refractivity contribution is -0.138. The van der Waals surface area contributed by atoms with Crippen LogP contribution in [0.4, 0.5) is 11.4 Å². The Kier molecular flexibility index (Phi) is 14.8. The number of rotatable bonds is 6. The van der Waals surface area contributed by atoms with Crippen molar-refractivity contribution in [3.63, 3.8) is 0 Å². The maximum Gasteiger partial charge on any atom is 0.229 e. The number of aromatic nitrogens is 4. The first-order valence-electron chi connectivity index (χ1n) is 24.1. The van der Waals surface area contributed by atoms with Crippen molar-refractivity contribution >= 4 is 34.3 Å². The van der Waals surface area contributed by atoms with Crippen LogP contribution in [-0.4, -0.2) is 105 Å². The summed E-state index contributed by atoms with van der Waals surface area (Å²) in [5, 5.41) is 19.1. The molecule has 13 heteroatoms. The number of aryl methyl sites for hydroxylation is 5. The first-order valence-corrected chi connectivity index (χ1v) is 24.9. The largest absolute Gasteiger partial charge is 0.508 e. The molecule has 4 aromatic carbocycles. The van der Waals surface area contributed by atoms with Gasteiger partial charge < -0.3 is 24.2 Å². The van der Waals surface area contributed by atoms with Crippen molar-refractivity contribution in [3.8, 4) is 10.8 Å². The van der Waals surface area contributed by atoms with Gasteiger partial charge in [0.05, 0.1) is 17.8 Å². The molecule has 1 amide bonds. The SMILES string of the molecule is Cc1ncco1.Cc1sc2c(c1C)C(c1ccc(N3CC(CN4CCN(C(=O)C5CN(c6ccccc6)C5)CC4)C3)cc1)=NCc1nnc(C)n1-2.Oc1ccc2c(c1)CCCC2.c1ccccc1. The molecule has 68 heavy (non-hydrogen) atoms. The third-order valence-corrected chi connectivity index (χ3v) is 14.8. The Morgan fingerprint density at radius 1 is 0.750 bits per heavy atom. The molecule has 12 rings (SSSR count). The average molecular weight is 930 g/mol. The Labute approximate surface area is 404 Å². The number of piperazine rings is 1. The van der Waals surface area contributed by atoms with Gasteiger partial charge in [-0.3, -0.25) is 19.3 Å². The highest BCUT2D eigenvalue weighted by atomic mass is 32.1. The van der Waals surface area contributed by atoms with E-state index in [0.717, 1.165) is 94.1 Å². The number of amides is 1. The molecule has 3 aromatic heterocycles. The number of nitrogens with zero attached hydrogens (tertiary/aromatic N) is 9. The first kappa shape index (κ1) is 46.5. The highest BCUT2D eigenvalue weighted by Gasteiger charge is 2.37. The topological polar surface area (TPSA) is 119 Å². The number of aliphatic imine (C=N–C) groups is 1. The fourth-order valence-electron chi connectivity index (χ4n) is 9.67. The minimum absolute atomic E-state index is 0.142. The van der Waals surface area contributed by atoms with Crippen molar-refractivity contribution in [2.75, 3.05) is 68.7 Å². The van der Waals surface area contributed by atoms with Gasteiger partial charge in [0.1, 0.15) is 29.4 Å². The molecule has 0 radical (unpaired) electrons. The van der Waals surface area contributed by atoms with Gasteiger partial charge in [0.2, 0.25) is 5.91 Å². The maximum atomic E-state index is 13.1. The van der Waals surface area contributed by atoms with Crippen molar-refractivity contribution in [1.82, 2.24) is 29.5 Å². The van der Waals surface area contributed by atoms with Gasteiger partial charge in [-0.2, -0.15) is 0 Å². The summed E-state index contributed by atoms with van der Waals surface area (Å²) in [6.45, 7) is 17.4. The molecule has 4 aliphatic heterocycles. The van der Waals surface area contributed by atoms with E-state index in [9.17, 15) is 9.90 Å². The number of carbonyl (C=O) groups excluding carboxylic acids is 1. The molecular weight excluding hydrogens is 867 g/mol. The molecule has 1 N–H and O–H groups in total. The number of thiophene rings is 1. The van der Waals surface area contributed by atoms with Crippen LogP contribution in [0.25, 0.3) is 5.00 Å². The number of phenolic OH excluding ortho intramolecular Hbond substituents is 1. The quantitative estimate of drug-likeness (QED) is 0.174. The van der Waals surface area contributed by atoms with Gasteiger partial charge in [-0.25, -0.2) is 4.98 Å². The molecule has 0 spiro atoms. The monoisotopic (exact) mass is 929 g/mol. The van der Waals surface area contributed by atoms with Gasteiger partial charge in [0.25, 0.3) is 0 Å². The van der Waals surface area contributed by atoms with E-state index < -0.39 is 0 Å². The zero-order valence-corrected chi connectivity index (χ0v) is 40.6. The first-order chi connectivity index (χ1) is 33.2. The van der Waals surface area contributed by atoms with Crippen LogP contribution in [0.15, 0.2) is 131 Å². The van der Waals surface area contributed by atoms with E-state index in [1.165, 1.54) is 62.8 Å². The molecule has 12 nitrogen and oxygen atoms in total. The molecule has 5 aliphatic rings. The molecule has 0 bridgehead atoms. The lowest BCUT2D eigenvalue weighted by atomic mass is 9.92. The zero-order valence-electron chi connectivity index (χ0n) is 39.8. The Hall–Kier alpha value is -6.57. The van der Waals surface area contributed by atoms with Gasteiger partial charge in [0, 0.05) is 99.1 Å². The summed E-state index contributed by atoms with van der Waals surface area (Å²) in [5.74, 6) is 4.08. The molecule has 1 aliphatic carbocycles. The molecule has 0 saturated carbocycles. The van der Waals surface area contributed by atoms with E-state index in [2.05, 4.69) is 102 Å². The summed E-state index contributed by atoms with van der Waals surface area (Å²) in [6, 6.07) is 37.1. The Morgan fingerprint density at radius 3 is 2.04 bits per heavy atom. The van der Waals surface area contributed by atoms with E-state index in [4.69, 9.17) is 9.41 Å². The van der Waals surface area contributed by atoms with Crippen molar-refractivity contribution in [3.05, 3.63) is 172 Å². The lowest BCUT2D eigenvalue weighted by Crippen LogP contribution is -2.59. The highest BCUT2D eigenvalue weighted by Crippen LogP contribution is 2.37. The minimum Gasteiger partial charge on any atom is -0.508 e. The summed E-state index contributed by atoms with van der Waals surface area (Å²) in [4.78, 5) is 32.6. The highest BCUT2D eigenvalue weighted by molar-refractivity contribution is 7.15. The predicted octanol–water partition coefficient (Wildman–Crippen LogP) is 9.26. The summed E-state index contributed by atoms with van der Waals surface area (Å²) in [7, 11) is 0. The minimum atomic E-state index is 0.142. The second-order valence-electron chi connectivity index (χ2n) is 18.4. The summed E-state index contributed by atoms with van der Waals surface area (Å²) >= 11 is 1.80. The maximum absolute atomic E-state index is 13.1. The molecule has 352 valence electrons. The Morgan fingerprint density at radius 2 is 1.40 bits per heavy atom. The van der Waals surface area contributed by atoms with Crippen molar-refractivity contribution in [2.24, 2.45) is 16.8 Å². The number of fused-ring (bicyclic) bond motifs is 4. The van der Waals surface area contributed by atoms with Gasteiger partial charge in [0.15, 0.2) is 11.7 Å². The van der Waals surface area contributed by atoms with Gasteiger partial charge in [-0.05, 0) is 99.5 Å². The van der Waals surface area contributed by atoms with Crippen LogP contribution in [0.3, 0.4) is 0 Å². The van der Waals surface area contributed by atoms with E-state index in [1.54, 1.807) is 36.8 Å². The molecule has 0 atom stereocenters. The van der Waals surface area contributed by atoms with Crippen LogP contribution in [0, 0.1) is 39.5 Å². The van der Waals surface area contributed by atoms with E-state index in [-0.39, 0.29) is 5.92 Å². The number of hydrogen-bond acceptors (Lipinski definition) is 11. The average Bonchev–Trinajstić information content (AvgIpc) is 4.03. The molecule has 7 aromatic rings. The van der Waals surface area contributed by atoms with Crippen LogP contribution in [0.5, 0.6) is 5.75 Å². The van der Waals surface area contributed by atoms with E-state index >= 15 is 0 Å². The summed E-state index contributed by atoms with van der Waals surface area (Å²) in [5.41, 5.74) is 9.95. The van der Waals surface area contributed by atoms with E-state index in [1.807, 2.05) is 61.5 Å². The standard InChI is InChI=1S/C35H40N8OS.C10H12O.C6H6.C4H5NO/c1-23-24(2)45-35-32(23)33(36-17-31-38-37-25(3)43(31)35)27-9-11-30(12-10-27)41-19-26(20-41)18-39-13-15-40(16-14-39)34(44)28-21-42(22-28)29-7-5-4-6-8-29;11-10-6-5-8-3-1-2-4-9(8)7-10;1-2-4-6-5-3-1;1-4-5-2-3-6-4/h4-12,26,28H,13-22H2,1-3H3;5-7,11H,1-4H2;1-6H;2-3H,1H3. The Balaban J connectivity index is 0.000000203.